The van der Waals surface area contributed by atoms with Gasteiger partial charge < -0.3 is 19.6 Å². The van der Waals surface area contributed by atoms with E-state index in [4.69, 9.17) is 4.52 Å². The fraction of sp³-hybridized carbons (Fsp3) is 0.474. The summed E-state index contributed by atoms with van der Waals surface area (Å²) in [6, 6.07) is 12.3. The average Bonchev–Trinajstić information content (AvgIpc) is 3.04. The van der Waals surface area contributed by atoms with E-state index in [1.807, 2.05) is 0 Å². The number of rotatable bonds is 7. The summed E-state index contributed by atoms with van der Waals surface area (Å²) >= 11 is 0. The van der Waals surface area contributed by atoms with Crippen molar-refractivity contribution >= 4 is 11.7 Å². The molecule has 1 aromatic carbocycles. The van der Waals surface area contributed by atoms with Gasteiger partial charge in [0.25, 0.3) is 0 Å². The fourth-order valence-electron chi connectivity index (χ4n) is 3.06. The molecule has 1 fully saturated rings. The Morgan fingerprint density at radius 3 is 2.44 bits per heavy atom. The highest BCUT2D eigenvalue weighted by Gasteiger charge is 2.17. The first-order valence-electron chi connectivity index (χ1n) is 8.91. The van der Waals surface area contributed by atoms with E-state index in [0.29, 0.717) is 18.0 Å². The maximum atomic E-state index is 12.0. The number of amides is 1. The highest BCUT2D eigenvalue weighted by atomic mass is 16.5. The largest absolute Gasteiger partial charge is 0.360 e. The van der Waals surface area contributed by atoms with E-state index < -0.39 is 0 Å². The van der Waals surface area contributed by atoms with Crippen LogP contribution in [0.4, 0.5) is 5.82 Å². The van der Waals surface area contributed by atoms with Crippen LogP contribution in [-0.2, 0) is 11.2 Å². The average molecular weight is 342 g/mol. The van der Waals surface area contributed by atoms with Crippen molar-refractivity contribution in [1.29, 1.82) is 0 Å². The van der Waals surface area contributed by atoms with Crippen molar-refractivity contribution in [3.63, 3.8) is 0 Å². The van der Waals surface area contributed by atoms with Crippen molar-refractivity contribution < 1.29 is 9.32 Å². The maximum absolute atomic E-state index is 12.0. The highest BCUT2D eigenvalue weighted by molar-refractivity contribution is 5.89. The molecule has 6 nitrogen and oxygen atoms in total. The van der Waals surface area contributed by atoms with Gasteiger partial charge in [-0.15, -0.1) is 0 Å². The number of benzene rings is 1. The number of carbonyl (C=O) groups excluding carboxylic acids is 1. The van der Waals surface area contributed by atoms with Gasteiger partial charge in [-0.1, -0.05) is 35.5 Å². The van der Waals surface area contributed by atoms with Gasteiger partial charge in [0.2, 0.25) is 5.91 Å². The van der Waals surface area contributed by atoms with Crippen molar-refractivity contribution in [2.45, 2.75) is 19.8 Å². The van der Waals surface area contributed by atoms with Gasteiger partial charge in [0, 0.05) is 51.8 Å². The predicted molar refractivity (Wildman–Crippen MR) is 97.5 cm³/mol. The normalized spacial score (nSPS) is 16.0. The van der Waals surface area contributed by atoms with E-state index in [2.05, 4.69) is 50.6 Å². The van der Waals surface area contributed by atoms with Gasteiger partial charge in [-0.2, -0.15) is 0 Å². The molecule has 3 rings (SSSR count). The Hall–Kier alpha value is -2.18. The summed E-state index contributed by atoms with van der Waals surface area (Å²) in [7, 11) is 0. The number of aromatic nitrogens is 1. The van der Waals surface area contributed by atoms with Crippen molar-refractivity contribution in [3.05, 3.63) is 47.7 Å². The summed E-state index contributed by atoms with van der Waals surface area (Å²) in [5.41, 5.74) is 1.39. The lowest BCUT2D eigenvalue weighted by atomic mass is 10.1. The Balaban J connectivity index is 1.31. The second kappa shape index (κ2) is 8.78. The third kappa shape index (κ3) is 5.69. The van der Waals surface area contributed by atoms with Crippen LogP contribution in [0, 0.1) is 6.92 Å². The van der Waals surface area contributed by atoms with Crippen molar-refractivity contribution in [2.75, 3.05) is 44.6 Å². The summed E-state index contributed by atoms with van der Waals surface area (Å²) in [6.07, 6.45) is 1.58. The van der Waals surface area contributed by atoms with Gasteiger partial charge in [-0.25, -0.2) is 0 Å². The van der Waals surface area contributed by atoms with Gasteiger partial charge in [-0.05, 0) is 18.9 Å². The summed E-state index contributed by atoms with van der Waals surface area (Å²) in [4.78, 5) is 16.8. The Bertz CT molecular complexity index is 663. The minimum atomic E-state index is -0.0141. The van der Waals surface area contributed by atoms with Crippen molar-refractivity contribution in [1.82, 2.24) is 15.0 Å². The highest BCUT2D eigenvalue weighted by Crippen LogP contribution is 2.09. The third-order valence-corrected chi connectivity index (χ3v) is 4.57. The van der Waals surface area contributed by atoms with E-state index >= 15 is 0 Å². The topological polar surface area (TPSA) is 61.6 Å². The Kier molecular flexibility index (Phi) is 6.19. The molecule has 0 bridgehead atoms. The molecule has 2 heterocycles. The third-order valence-electron chi connectivity index (χ3n) is 4.57. The molecular weight excluding hydrogens is 316 g/mol. The molecule has 0 saturated carbocycles. The number of carbonyl (C=O) groups is 1. The number of nitrogens with zero attached hydrogens (tertiary/aromatic N) is 3. The lowest BCUT2D eigenvalue weighted by molar-refractivity contribution is -0.116. The van der Waals surface area contributed by atoms with Crippen LogP contribution in [-0.4, -0.2) is 60.1 Å². The van der Waals surface area contributed by atoms with Gasteiger partial charge >= 0.3 is 0 Å². The van der Waals surface area contributed by atoms with Gasteiger partial charge in [-0.3, -0.25) is 4.79 Å². The van der Waals surface area contributed by atoms with Crippen LogP contribution in [0.2, 0.25) is 0 Å². The smallest absolute Gasteiger partial charge is 0.226 e. The molecule has 1 saturated heterocycles. The van der Waals surface area contributed by atoms with Crippen LogP contribution in [0.15, 0.2) is 40.9 Å². The minimum absolute atomic E-state index is 0.0141. The number of piperazine rings is 1. The molecule has 0 unspecified atom stereocenters. The van der Waals surface area contributed by atoms with E-state index in [1.165, 1.54) is 5.56 Å². The Morgan fingerprint density at radius 1 is 1.12 bits per heavy atom. The lowest BCUT2D eigenvalue weighted by Gasteiger charge is -2.34. The van der Waals surface area contributed by atoms with Gasteiger partial charge in [0.15, 0.2) is 5.82 Å². The lowest BCUT2D eigenvalue weighted by Crippen LogP contribution is -2.47. The quantitative estimate of drug-likeness (QED) is 0.836. The zero-order valence-electron chi connectivity index (χ0n) is 14.8. The van der Waals surface area contributed by atoms with Crippen LogP contribution in [0.5, 0.6) is 0 Å². The molecule has 1 aromatic heterocycles. The molecule has 1 aliphatic rings. The molecule has 0 aliphatic carbocycles. The van der Waals surface area contributed by atoms with Crippen LogP contribution in [0.25, 0.3) is 0 Å². The second-order valence-electron chi connectivity index (χ2n) is 6.54. The van der Waals surface area contributed by atoms with Crippen LogP contribution < -0.4 is 5.32 Å². The van der Waals surface area contributed by atoms with E-state index in [-0.39, 0.29) is 5.91 Å². The van der Waals surface area contributed by atoms with Crippen LogP contribution in [0.1, 0.15) is 17.7 Å². The first-order chi connectivity index (χ1) is 12.2. The summed E-state index contributed by atoms with van der Waals surface area (Å²) in [5.74, 6) is 1.18. The molecule has 6 heteroatoms. The van der Waals surface area contributed by atoms with Crippen molar-refractivity contribution in [3.8, 4) is 0 Å². The van der Waals surface area contributed by atoms with E-state index in [9.17, 15) is 4.79 Å². The predicted octanol–water partition coefficient (Wildman–Crippen LogP) is 2.17. The molecule has 0 atom stereocenters. The second-order valence-corrected chi connectivity index (χ2v) is 6.54. The number of anilines is 1. The monoisotopic (exact) mass is 342 g/mol. The fourth-order valence-corrected chi connectivity index (χ4v) is 3.06. The number of hydrogen-bond donors (Lipinski definition) is 1. The zero-order valence-corrected chi connectivity index (χ0v) is 14.8. The number of aryl methyl sites for hydroxylation is 1. The van der Waals surface area contributed by atoms with Crippen LogP contribution >= 0.6 is 0 Å². The SMILES string of the molecule is Cc1cc(NC(=O)CCN2CCN(CCc3ccccc3)CC2)no1. The molecule has 1 aliphatic heterocycles. The summed E-state index contributed by atoms with van der Waals surface area (Å²) < 4.78 is 4.95. The summed E-state index contributed by atoms with van der Waals surface area (Å²) in [5, 5.41) is 6.55. The Labute approximate surface area is 148 Å². The Morgan fingerprint density at radius 2 is 1.80 bits per heavy atom. The molecule has 134 valence electrons. The number of hydrogen-bond acceptors (Lipinski definition) is 5. The first kappa shape index (κ1) is 17.6. The molecule has 0 spiro atoms. The van der Waals surface area contributed by atoms with Gasteiger partial charge in [0.1, 0.15) is 5.76 Å². The molecule has 1 N–H and O–H groups in total. The molecule has 2 aromatic rings. The van der Waals surface area contributed by atoms with E-state index in [0.717, 1.165) is 45.7 Å². The molecular formula is C19H26N4O2. The first-order valence-corrected chi connectivity index (χ1v) is 8.91. The zero-order chi connectivity index (χ0) is 17.5. The van der Waals surface area contributed by atoms with Gasteiger partial charge in [0.05, 0.1) is 0 Å². The molecule has 1 amide bonds. The summed E-state index contributed by atoms with van der Waals surface area (Å²) in [6.45, 7) is 7.86. The number of nitrogens with one attached hydrogen (secondary N) is 1. The van der Waals surface area contributed by atoms with Crippen LogP contribution in [0.3, 0.4) is 0 Å². The molecule has 25 heavy (non-hydrogen) atoms. The van der Waals surface area contributed by atoms with Crippen molar-refractivity contribution in [2.24, 2.45) is 0 Å². The minimum Gasteiger partial charge on any atom is -0.360 e. The standard InChI is InChI=1S/C19H26N4O2/c1-16-15-18(21-25-16)20-19(24)8-10-23-13-11-22(12-14-23)9-7-17-5-3-2-4-6-17/h2-6,15H,7-14H2,1H3,(H,20,21,24). The maximum Gasteiger partial charge on any atom is 0.226 e. The molecule has 0 radical (unpaired) electrons. The van der Waals surface area contributed by atoms with E-state index in [1.54, 1.807) is 13.0 Å².